The summed E-state index contributed by atoms with van der Waals surface area (Å²) in [5, 5.41) is 10.3. The van der Waals surface area contributed by atoms with Crippen molar-refractivity contribution < 1.29 is 5.11 Å². The number of nitrogens with zero attached hydrogens (tertiary/aromatic N) is 2. The molecule has 0 spiro atoms. The summed E-state index contributed by atoms with van der Waals surface area (Å²) < 4.78 is 0. The fraction of sp³-hybridized carbons (Fsp3) is 0.308. The van der Waals surface area contributed by atoms with Gasteiger partial charge < -0.3 is 10.0 Å². The van der Waals surface area contributed by atoms with Crippen molar-refractivity contribution in [2.75, 3.05) is 18.6 Å². The van der Waals surface area contributed by atoms with Crippen LogP contribution in [0.3, 0.4) is 0 Å². The summed E-state index contributed by atoms with van der Waals surface area (Å²) in [5.74, 6) is 0. The van der Waals surface area contributed by atoms with E-state index >= 15 is 0 Å². The van der Waals surface area contributed by atoms with E-state index in [1.54, 1.807) is 6.20 Å². The number of rotatable bonds is 3. The van der Waals surface area contributed by atoms with Crippen molar-refractivity contribution in [2.45, 2.75) is 13.0 Å². The van der Waals surface area contributed by atoms with Crippen LogP contribution >= 0.6 is 0 Å². The van der Waals surface area contributed by atoms with Crippen molar-refractivity contribution in [1.29, 1.82) is 0 Å². The SMILES string of the molecule is CC(CO)N(C)c1ccnc2ccccc12. The molecule has 84 valence electrons. The number of likely N-dealkylation sites (N-methyl/N-ethyl adjacent to an activating group) is 1. The van der Waals surface area contributed by atoms with Crippen molar-refractivity contribution in [3.8, 4) is 0 Å². The predicted octanol–water partition coefficient (Wildman–Crippen LogP) is 2.05. The molecule has 1 aromatic carbocycles. The Labute approximate surface area is 95.3 Å². The minimum atomic E-state index is 0.103. The normalized spacial score (nSPS) is 12.7. The number of aliphatic hydroxyl groups is 1. The highest BCUT2D eigenvalue weighted by atomic mass is 16.3. The van der Waals surface area contributed by atoms with Gasteiger partial charge in [-0.1, -0.05) is 18.2 Å². The summed E-state index contributed by atoms with van der Waals surface area (Å²) in [6.07, 6.45) is 1.80. The van der Waals surface area contributed by atoms with Crippen molar-refractivity contribution >= 4 is 16.6 Å². The predicted molar refractivity (Wildman–Crippen MR) is 66.7 cm³/mol. The van der Waals surface area contributed by atoms with Crippen LogP contribution in [0.1, 0.15) is 6.92 Å². The highest BCUT2D eigenvalue weighted by molar-refractivity contribution is 5.91. The van der Waals surface area contributed by atoms with Crippen molar-refractivity contribution in [3.05, 3.63) is 36.5 Å². The van der Waals surface area contributed by atoms with E-state index in [1.807, 2.05) is 38.2 Å². The molecule has 3 nitrogen and oxygen atoms in total. The largest absolute Gasteiger partial charge is 0.394 e. The molecule has 0 radical (unpaired) electrons. The van der Waals surface area contributed by atoms with Crippen molar-refractivity contribution in [1.82, 2.24) is 4.98 Å². The Bertz CT molecular complexity index is 479. The third-order valence-corrected chi connectivity index (χ3v) is 2.93. The molecule has 2 rings (SSSR count). The van der Waals surface area contributed by atoms with Gasteiger partial charge in [0.25, 0.3) is 0 Å². The number of anilines is 1. The first-order valence-electron chi connectivity index (χ1n) is 5.41. The van der Waals surface area contributed by atoms with Crippen LogP contribution < -0.4 is 4.90 Å². The van der Waals surface area contributed by atoms with Crippen molar-refractivity contribution in [3.63, 3.8) is 0 Å². The molecule has 1 heterocycles. The standard InChI is InChI=1S/C13H16N2O/c1-10(9-16)15(2)13-7-8-14-12-6-4-3-5-11(12)13/h3-8,10,16H,9H2,1-2H3. The lowest BCUT2D eigenvalue weighted by atomic mass is 10.1. The first kappa shape index (κ1) is 10.9. The molecule has 0 aliphatic carbocycles. The van der Waals surface area contributed by atoms with Gasteiger partial charge in [-0.25, -0.2) is 0 Å². The number of pyridine rings is 1. The maximum absolute atomic E-state index is 9.18. The van der Waals surface area contributed by atoms with Gasteiger partial charge in [-0.2, -0.15) is 0 Å². The van der Waals surface area contributed by atoms with E-state index in [1.165, 1.54) is 0 Å². The molecule has 0 saturated heterocycles. The number of aromatic nitrogens is 1. The lowest BCUT2D eigenvalue weighted by molar-refractivity contribution is 0.270. The van der Waals surface area contributed by atoms with Crippen LogP contribution in [-0.4, -0.2) is 29.8 Å². The minimum Gasteiger partial charge on any atom is -0.394 e. The topological polar surface area (TPSA) is 36.4 Å². The van der Waals surface area contributed by atoms with Gasteiger partial charge in [-0.3, -0.25) is 4.98 Å². The number of hydrogen-bond acceptors (Lipinski definition) is 3. The van der Waals surface area contributed by atoms with Crippen LogP contribution in [0.2, 0.25) is 0 Å². The van der Waals surface area contributed by atoms with E-state index < -0.39 is 0 Å². The van der Waals surface area contributed by atoms with Gasteiger partial charge in [0.15, 0.2) is 0 Å². The Kier molecular flexibility index (Phi) is 3.06. The van der Waals surface area contributed by atoms with Crippen LogP contribution in [0.15, 0.2) is 36.5 Å². The minimum absolute atomic E-state index is 0.103. The van der Waals surface area contributed by atoms with E-state index in [9.17, 15) is 5.11 Å². The highest BCUT2D eigenvalue weighted by Crippen LogP contribution is 2.25. The van der Waals surface area contributed by atoms with Crippen LogP contribution in [0, 0.1) is 0 Å². The van der Waals surface area contributed by atoms with Crippen molar-refractivity contribution in [2.24, 2.45) is 0 Å². The van der Waals surface area contributed by atoms with E-state index in [4.69, 9.17) is 0 Å². The van der Waals surface area contributed by atoms with E-state index in [0.29, 0.717) is 0 Å². The molecule has 2 aromatic rings. The maximum atomic E-state index is 9.18. The third-order valence-electron chi connectivity index (χ3n) is 2.93. The fourth-order valence-corrected chi connectivity index (χ4v) is 1.75. The van der Waals surface area contributed by atoms with Gasteiger partial charge >= 0.3 is 0 Å². The summed E-state index contributed by atoms with van der Waals surface area (Å²) in [7, 11) is 1.99. The summed E-state index contributed by atoms with van der Waals surface area (Å²) in [6.45, 7) is 2.14. The van der Waals surface area contributed by atoms with Gasteiger partial charge in [0.2, 0.25) is 0 Å². The molecule has 0 aliphatic rings. The zero-order valence-electron chi connectivity index (χ0n) is 9.59. The zero-order valence-corrected chi connectivity index (χ0v) is 9.59. The summed E-state index contributed by atoms with van der Waals surface area (Å²) in [5.41, 5.74) is 2.09. The van der Waals surface area contributed by atoms with Crippen LogP contribution in [0.25, 0.3) is 10.9 Å². The molecule has 0 bridgehead atoms. The lowest BCUT2D eigenvalue weighted by Crippen LogP contribution is -2.31. The Balaban J connectivity index is 2.52. The monoisotopic (exact) mass is 216 g/mol. The second-order valence-corrected chi connectivity index (χ2v) is 3.99. The average Bonchev–Trinajstić information content (AvgIpc) is 2.36. The number of aliphatic hydroxyl groups excluding tert-OH is 1. The number of hydrogen-bond donors (Lipinski definition) is 1. The van der Waals surface area contributed by atoms with E-state index in [-0.39, 0.29) is 12.6 Å². The van der Waals surface area contributed by atoms with Crippen LogP contribution in [-0.2, 0) is 0 Å². The first-order chi connectivity index (χ1) is 7.74. The molecule has 0 aliphatic heterocycles. The molecular formula is C13H16N2O. The Morgan fingerprint density at radius 3 is 2.81 bits per heavy atom. The third kappa shape index (κ3) is 1.86. The van der Waals surface area contributed by atoms with Gasteiger partial charge in [-0.15, -0.1) is 0 Å². The summed E-state index contributed by atoms with van der Waals surface area (Å²) in [6, 6.07) is 10.1. The van der Waals surface area contributed by atoms with Gasteiger partial charge in [-0.05, 0) is 19.1 Å². The fourth-order valence-electron chi connectivity index (χ4n) is 1.75. The van der Waals surface area contributed by atoms with Gasteiger partial charge in [0.1, 0.15) is 0 Å². The quantitative estimate of drug-likeness (QED) is 0.853. The molecule has 0 amide bonds. The van der Waals surface area contributed by atoms with Crippen LogP contribution in [0.5, 0.6) is 0 Å². The molecule has 1 aromatic heterocycles. The smallest absolute Gasteiger partial charge is 0.0722 e. The molecule has 0 fully saturated rings. The molecule has 3 heteroatoms. The second kappa shape index (κ2) is 4.49. The molecule has 1 unspecified atom stereocenters. The Morgan fingerprint density at radius 2 is 2.06 bits per heavy atom. The van der Waals surface area contributed by atoms with Gasteiger partial charge in [0, 0.05) is 30.4 Å². The molecular weight excluding hydrogens is 200 g/mol. The molecule has 1 N–H and O–H groups in total. The molecule has 16 heavy (non-hydrogen) atoms. The second-order valence-electron chi connectivity index (χ2n) is 3.99. The summed E-state index contributed by atoms with van der Waals surface area (Å²) in [4.78, 5) is 6.39. The number of fused-ring (bicyclic) bond motifs is 1. The highest BCUT2D eigenvalue weighted by Gasteiger charge is 2.11. The molecule has 1 atom stereocenters. The van der Waals surface area contributed by atoms with E-state index in [2.05, 4.69) is 16.0 Å². The maximum Gasteiger partial charge on any atom is 0.0722 e. The zero-order chi connectivity index (χ0) is 11.5. The Morgan fingerprint density at radius 1 is 1.31 bits per heavy atom. The molecule has 0 saturated carbocycles. The summed E-state index contributed by atoms with van der Waals surface area (Å²) >= 11 is 0. The number of benzene rings is 1. The van der Waals surface area contributed by atoms with E-state index in [0.717, 1.165) is 16.6 Å². The number of para-hydroxylation sites is 1. The average molecular weight is 216 g/mol. The lowest BCUT2D eigenvalue weighted by Gasteiger charge is -2.26. The Hall–Kier alpha value is -1.61. The van der Waals surface area contributed by atoms with Gasteiger partial charge in [0.05, 0.1) is 12.1 Å². The van der Waals surface area contributed by atoms with Crippen LogP contribution in [0.4, 0.5) is 5.69 Å². The first-order valence-corrected chi connectivity index (χ1v) is 5.41.